The van der Waals surface area contributed by atoms with Crippen LogP contribution in [0, 0.1) is 0 Å². The molecule has 1 aliphatic heterocycles. The molecule has 152 valence electrons. The van der Waals surface area contributed by atoms with Crippen molar-refractivity contribution in [3.8, 4) is 11.5 Å². The molecule has 7 heteroatoms. The van der Waals surface area contributed by atoms with Crippen molar-refractivity contribution in [1.82, 2.24) is 14.5 Å². The van der Waals surface area contributed by atoms with Gasteiger partial charge in [-0.1, -0.05) is 12.1 Å². The number of imidazole rings is 1. The molecular formula is C22H26N4O3. The Balaban J connectivity index is 1.60. The molecule has 7 nitrogen and oxygen atoms in total. The van der Waals surface area contributed by atoms with Gasteiger partial charge in [-0.15, -0.1) is 0 Å². The van der Waals surface area contributed by atoms with Crippen molar-refractivity contribution in [1.29, 1.82) is 0 Å². The summed E-state index contributed by atoms with van der Waals surface area (Å²) < 4.78 is 18.3. The molecule has 1 fully saturated rings. The average Bonchev–Trinajstić information content (AvgIpc) is 3.14. The highest BCUT2D eigenvalue weighted by molar-refractivity contribution is 5.84. The van der Waals surface area contributed by atoms with Crippen molar-refractivity contribution in [2.75, 3.05) is 47.1 Å². The first-order valence-electron chi connectivity index (χ1n) is 9.80. The van der Waals surface area contributed by atoms with Gasteiger partial charge in [-0.2, -0.15) is 0 Å². The summed E-state index contributed by atoms with van der Waals surface area (Å²) in [6.07, 6.45) is 1.81. The molecule has 0 spiro atoms. The molecule has 29 heavy (non-hydrogen) atoms. The number of para-hydroxylation sites is 2. The molecule has 2 heterocycles. The van der Waals surface area contributed by atoms with E-state index in [2.05, 4.69) is 15.5 Å². The van der Waals surface area contributed by atoms with Crippen molar-refractivity contribution in [3.05, 3.63) is 48.0 Å². The predicted molar refractivity (Wildman–Crippen MR) is 114 cm³/mol. The molecule has 4 rings (SSSR count). The third kappa shape index (κ3) is 4.41. The zero-order chi connectivity index (χ0) is 20.1. The number of rotatable bonds is 7. The van der Waals surface area contributed by atoms with Gasteiger partial charge in [0.05, 0.1) is 38.5 Å². The molecule has 3 aromatic rings. The summed E-state index contributed by atoms with van der Waals surface area (Å²) in [6, 6.07) is 13.9. The van der Waals surface area contributed by atoms with E-state index in [1.165, 1.54) is 0 Å². The second-order valence-corrected chi connectivity index (χ2v) is 6.88. The van der Waals surface area contributed by atoms with Gasteiger partial charge in [0.1, 0.15) is 0 Å². The molecule has 1 saturated heterocycles. The number of hydrogen-bond donors (Lipinski definition) is 0. The van der Waals surface area contributed by atoms with Crippen LogP contribution in [0.4, 0.5) is 5.95 Å². The predicted octanol–water partition coefficient (Wildman–Crippen LogP) is 3.14. The maximum Gasteiger partial charge on any atom is 0.230 e. The summed E-state index contributed by atoms with van der Waals surface area (Å²) in [4.78, 5) is 11.8. The van der Waals surface area contributed by atoms with Gasteiger partial charge in [0.15, 0.2) is 11.5 Å². The number of aliphatic imine (C=N–C) groups is 1. The van der Waals surface area contributed by atoms with Crippen molar-refractivity contribution in [3.63, 3.8) is 0 Å². The van der Waals surface area contributed by atoms with Crippen LogP contribution in [0.15, 0.2) is 47.5 Å². The Kier molecular flexibility index (Phi) is 6.07. The number of hydrogen-bond acceptors (Lipinski definition) is 6. The minimum Gasteiger partial charge on any atom is -0.493 e. The highest BCUT2D eigenvalue weighted by atomic mass is 16.5. The smallest absolute Gasteiger partial charge is 0.230 e. The van der Waals surface area contributed by atoms with Gasteiger partial charge in [-0.3, -0.25) is 4.90 Å². The van der Waals surface area contributed by atoms with Crippen LogP contribution < -0.4 is 9.47 Å². The number of nitrogens with zero attached hydrogens (tertiary/aromatic N) is 4. The van der Waals surface area contributed by atoms with E-state index in [0.29, 0.717) is 17.4 Å². The average molecular weight is 394 g/mol. The lowest BCUT2D eigenvalue weighted by Gasteiger charge is -2.26. The number of benzene rings is 2. The van der Waals surface area contributed by atoms with Gasteiger partial charge < -0.3 is 18.8 Å². The molecule has 0 aliphatic carbocycles. The highest BCUT2D eigenvalue weighted by Crippen LogP contribution is 2.27. The van der Waals surface area contributed by atoms with Crippen LogP contribution in [0.1, 0.15) is 5.56 Å². The largest absolute Gasteiger partial charge is 0.493 e. The zero-order valence-corrected chi connectivity index (χ0v) is 16.9. The van der Waals surface area contributed by atoms with Gasteiger partial charge in [0.2, 0.25) is 5.95 Å². The van der Waals surface area contributed by atoms with E-state index >= 15 is 0 Å². The van der Waals surface area contributed by atoms with Crippen molar-refractivity contribution in [2.24, 2.45) is 4.99 Å². The van der Waals surface area contributed by atoms with E-state index in [-0.39, 0.29) is 0 Å². The van der Waals surface area contributed by atoms with Gasteiger partial charge in [0, 0.05) is 32.4 Å². The van der Waals surface area contributed by atoms with Crippen LogP contribution in [0.5, 0.6) is 11.5 Å². The van der Waals surface area contributed by atoms with Crippen LogP contribution in [0.2, 0.25) is 0 Å². The van der Waals surface area contributed by atoms with E-state index in [1.807, 2.05) is 42.6 Å². The van der Waals surface area contributed by atoms with Crippen molar-refractivity contribution >= 4 is 23.2 Å². The maximum absolute atomic E-state index is 5.45. The Morgan fingerprint density at radius 1 is 1.03 bits per heavy atom. The molecule has 0 unspecified atom stereocenters. The maximum atomic E-state index is 5.45. The van der Waals surface area contributed by atoms with Crippen LogP contribution in [-0.4, -0.2) is 67.7 Å². The molecule has 0 N–H and O–H groups in total. The third-order valence-corrected chi connectivity index (χ3v) is 5.11. The minimum absolute atomic E-state index is 0.678. The van der Waals surface area contributed by atoms with Gasteiger partial charge in [-0.05, 0) is 35.9 Å². The van der Waals surface area contributed by atoms with Gasteiger partial charge >= 0.3 is 0 Å². The molecule has 0 atom stereocenters. The number of aromatic nitrogens is 2. The molecule has 0 saturated carbocycles. The second kappa shape index (κ2) is 9.07. The molecule has 0 bridgehead atoms. The number of methoxy groups -OCH3 is 2. The summed E-state index contributed by atoms with van der Waals surface area (Å²) in [5.41, 5.74) is 2.98. The second-order valence-electron chi connectivity index (χ2n) is 6.88. The molecule has 0 radical (unpaired) electrons. The highest BCUT2D eigenvalue weighted by Gasteiger charge is 2.14. The van der Waals surface area contributed by atoms with Crippen molar-refractivity contribution < 1.29 is 14.2 Å². The Morgan fingerprint density at radius 3 is 2.62 bits per heavy atom. The molecule has 2 aromatic carbocycles. The fraction of sp³-hybridized carbons (Fsp3) is 0.364. The van der Waals surface area contributed by atoms with E-state index in [9.17, 15) is 0 Å². The summed E-state index contributed by atoms with van der Waals surface area (Å²) in [7, 11) is 3.26. The Hall–Kier alpha value is -2.90. The topological polar surface area (TPSA) is 61.1 Å². The zero-order valence-electron chi connectivity index (χ0n) is 16.9. The molecule has 0 amide bonds. The fourth-order valence-electron chi connectivity index (χ4n) is 3.51. The third-order valence-electron chi connectivity index (χ3n) is 5.11. The lowest BCUT2D eigenvalue weighted by molar-refractivity contribution is 0.0366. The van der Waals surface area contributed by atoms with Crippen LogP contribution in [-0.2, 0) is 11.3 Å². The summed E-state index contributed by atoms with van der Waals surface area (Å²) in [5.74, 6) is 2.08. The number of fused-ring (bicyclic) bond motifs is 1. The summed E-state index contributed by atoms with van der Waals surface area (Å²) in [5, 5.41) is 0. The Labute approximate surface area is 170 Å². The molecular weight excluding hydrogens is 368 g/mol. The first kappa shape index (κ1) is 19.4. The number of ether oxygens (including phenoxy) is 3. The number of morpholine rings is 1. The van der Waals surface area contributed by atoms with Crippen LogP contribution in [0.3, 0.4) is 0 Å². The summed E-state index contributed by atoms with van der Waals surface area (Å²) >= 11 is 0. The van der Waals surface area contributed by atoms with Gasteiger partial charge in [0.25, 0.3) is 0 Å². The standard InChI is InChI=1S/C22H26N4O3/c1-27-20-8-7-17(15-21(20)28-2)16-23-22-24-18-5-3-4-6-19(18)26(22)10-9-25-11-13-29-14-12-25/h3-8,15-16H,9-14H2,1-2H3/b23-16+. The minimum atomic E-state index is 0.678. The lowest BCUT2D eigenvalue weighted by atomic mass is 10.2. The normalized spacial score (nSPS) is 15.2. The van der Waals surface area contributed by atoms with Crippen LogP contribution in [0.25, 0.3) is 11.0 Å². The fourth-order valence-corrected chi connectivity index (χ4v) is 3.51. The first-order chi connectivity index (χ1) is 14.3. The van der Waals surface area contributed by atoms with E-state index < -0.39 is 0 Å². The summed E-state index contributed by atoms with van der Waals surface area (Å²) in [6.45, 7) is 5.32. The van der Waals surface area contributed by atoms with Gasteiger partial charge in [-0.25, -0.2) is 9.98 Å². The first-order valence-corrected chi connectivity index (χ1v) is 9.80. The monoisotopic (exact) mass is 394 g/mol. The Bertz CT molecular complexity index is 993. The van der Waals surface area contributed by atoms with Crippen molar-refractivity contribution in [2.45, 2.75) is 6.54 Å². The molecule has 1 aliphatic rings. The quantitative estimate of drug-likeness (QED) is 0.576. The van der Waals surface area contributed by atoms with E-state index in [1.54, 1.807) is 14.2 Å². The SMILES string of the molecule is COc1ccc(/C=N/c2nc3ccccc3n2CCN2CCOCC2)cc1OC. The van der Waals surface area contributed by atoms with E-state index in [0.717, 1.165) is 56.0 Å². The van der Waals surface area contributed by atoms with E-state index in [4.69, 9.17) is 24.2 Å². The van der Waals surface area contributed by atoms with Crippen LogP contribution >= 0.6 is 0 Å². The molecule has 1 aromatic heterocycles. The lowest BCUT2D eigenvalue weighted by Crippen LogP contribution is -2.38. The Morgan fingerprint density at radius 2 is 1.83 bits per heavy atom.